The van der Waals surface area contributed by atoms with Gasteiger partial charge in [0.1, 0.15) is 0 Å². The molecule has 0 aliphatic carbocycles. The number of rotatable bonds is 0. The summed E-state index contributed by atoms with van der Waals surface area (Å²) in [6, 6.07) is 0. The molecule has 6 heavy (non-hydrogen) atoms. The predicted octanol–water partition coefficient (Wildman–Crippen LogP) is -1.63. The molecule has 0 heterocycles. The molecule has 3 N–H and O–H groups in total. The van der Waals surface area contributed by atoms with Crippen LogP contribution in [-0.4, -0.2) is 22.4 Å². The second kappa shape index (κ2) is 9.21. The Morgan fingerprint density at radius 1 is 1.00 bits per heavy atom. The maximum absolute atomic E-state index is 7.17. The fourth-order valence-corrected chi connectivity index (χ4v) is 0. The SMILES string of the molecule is Cl.OB(O)O.[Ni]. The first-order chi connectivity index (χ1) is 1.73. The van der Waals surface area contributed by atoms with E-state index in [1.807, 2.05) is 0 Å². The number of hydrogen-bond donors (Lipinski definition) is 3. The van der Waals surface area contributed by atoms with Crippen LogP contribution in [0.5, 0.6) is 0 Å². The molecule has 0 spiro atoms. The van der Waals surface area contributed by atoms with Crippen LogP contribution < -0.4 is 0 Å². The van der Waals surface area contributed by atoms with Gasteiger partial charge in [0.05, 0.1) is 0 Å². The molecular weight excluding hydrogens is 153 g/mol. The molecule has 6 heteroatoms. The quantitative estimate of drug-likeness (QED) is 0.370. The minimum Gasteiger partial charge on any atom is -0.402 e. The molecule has 0 fully saturated rings. The van der Waals surface area contributed by atoms with E-state index >= 15 is 0 Å². The van der Waals surface area contributed by atoms with Crippen molar-refractivity contribution in [2.24, 2.45) is 0 Å². The zero-order valence-corrected chi connectivity index (χ0v) is 4.45. The van der Waals surface area contributed by atoms with Crippen molar-refractivity contribution in [3.8, 4) is 0 Å². The average Bonchev–Trinajstić information content (AvgIpc) is 0.811. The topological polar surface area (TPSA) is 60.7 Å². The van der Waals surface area contributed by atoms with Crippen molar-refractivity contribution in [1.82, 2.24) is 0 Å². The van der Waals surface area contributed by atoms with Gasteiger partial charge in [-0.15, -0.1) is 12.4 Å². The average molecular weight is 157 g/mol. The standard InChI is InChI=1S/BH3O3.ClH.Ni/c2-1(3)4;;/h2-4H;1H;. The van der Waals surface area contributed by atoms with Crippen LogP contribution in [0.4, 0.5) is 0 Å². The van der Waals surface area contributed by atoms with Gasteiger partial charge in [0.25, 0.3) is 0 Å². The molecule has 0 amide bonds. The molecule has 0 bridgehead atoms. The van der Waals surface area contributed by atoms with Gasteiger partial charge in [0, 0.05) is 16.5 Å². The summed E-state index contributed by atoms with van der Waals surface area (Å²) in [6.45, 7) is 0. The van der Waals surface area contributed by atoms with E-state index in [1.54, 1.807) is 0 Å². The molecule has 0 saturated heterocycles. The van der Waals surface area contributed by atoms with Gasteiger partial charge in [-0.2, -0.15) is 0 Å². The Bertz CT molecular complexity index is 15.5. The maximum atomic E-state index is 7.17. The fraction of sp³-hybridized carbons (Fsp3) is 0. The Labute approximate surface area is 51.9 Å². The molecule has 0 aromatic carbocycles. The monoisotopic (exact) mass is 156 g/mol. The zero-order chi connectivity index (χ0) is 3.58. The molecule has 42 valence electrons. The minimum atomic E-state index is -2.17. The fourth-order valence-electron chi connectivity index (χ4n) is 0. The van der Waals surface area contributed by atoms with Gasteiger partial charge < -0.3 is 15.1 Å². The van der Waals surface area contributed by atoms with Gasteiger partial charge in [0.2, 0.25) is 0 Å². The summed E-state index contributed by atoms with van der Waals surface area (Å²) >= 11 is 0. The summed E-state index contributed by atoms with van der Waals surface area (Å²) in [7, 11) is -2.17. The Hall–Kier alpha value is 0.728. The maximum Gasteiger partial charge on any atom is 0.631 e. The molecule has 0 atom stereocenters. The smallest absolute Gasteiger partial charge is 0.402 e. The van der Waals surface area contributed by atoms with E-state index in [0.29, 0.717) is 0 Å². The molecule has 3 nitrogen and oxygen atoms in total. The third kappa shape index (κ3) is 124. The van der Waals surface area contributed by atoms with Gasteiger partial charge in [-0.05, 0) is 0 Å². The first kappa shape index (κ1) is 15.9. The summed E-state index contributed by atoms with van der Waals surface area (Å²) in [5.41, 5.74) is 0. The van der Waals surface area contributed by atoms with Gasteiger partial charge in [-0.25, -0.2) is 0 Å². The number of halogens is 1. The van der Waals surface area contributed by atoms with Crippen LogP contribution in [-0.2, 0) is 16.5 Å². The first-order valence-corrected chi connectivity index (χ1v) is 0.775. The van der Waals surface area contributed by atoms with Crippen LogP contribution in [0, 0.1) is 0 Å². The van der Waals surface area contributed by atoms with Crippen LogP contribution in [0.25, 0.3) is 0 Å². The Morgan fingerprint density at radius 2 is 1.00 bits per heavy atom. The molecule has 0 radical (unpaired) electrons. The Morgan fingerprint density at radius 3 is 1.00 bits per heavy atom. The van der Waals surface area contributed by atoms with E-state index in [0.717, 1.165) is 0 Å². The molecule has 0 unspecified atom stereocenters. The van der Waals surface area contributed by atoms with Crippen molar-refractivity contribution in [3.63, 3.8) is 0 Å². The van der Waals surface area contributed by atoms with Gasteiger partial charge in [-0.3, -0.25) is 0 Å². The van der Waals surface area contributed by atoms with E-state index in [9.17, 15) is 0 Å². The van der Waals surface area contributed by atoms with Crippen LogP contribution in [0.15, 0.2) is 0 Å². The van der Waals surface area contributed by atoms with Crippen molar-refractivity contribution in [1.29, 1.82) is 0 Å². The van der Waals surface area contributed by atoms with E-state index < -0.39 is 7.32 Å². The van der Waals surface area contributed by atoms with Crippen molar-refractivity contribution in [2.45, 2.75) is 0 Å². The normalized spacial score (nSPS) is 4.50. The largest absolute Gasteiger partial charge is 0.631 e. The Kier molecular flexibility index (Phi) is 24.4. The van der Waals surface area contributed by atoms with Gasteiger partial charge >= 0.3 is 7.32 Å². The van der Waals surface area contributed by atoms with Crippen molar-refractivity contribution < 1.29 is 31.6 Å². The van der Waals surface area contributed by atoms with Crippen molar-refractivity contribution >= 4 is 19.7 Å². The third-order valence-corrected chi connectivity index (χ3v) is 0. The molecule has 0 aliphatic rings. The second-order valence-electron chi connectivity index (χ2n) is 0.346. The molecule has 0 aromatic rings. The zero-order valence-electron chi connectivity index (χ0n) is 2.64. The molecule has 0 saturated carbocycles. The van der Waals surface area contributed by atoms with Crippen LogP contribution in [0.2, 0.25) is 0 Å². The summed E-state index contributed by atoms with van der Waals surface area (Å²) in [5, 5.41) is 21.5. The molecule has 0 aliphatic heterocycles. The van der Waals surface area contributed by atoms with Gasteiger partial charge in [-0.1, -0.05) is 0 Å². The second-order valence-corrected chi connectivity index (χ2v) is 0.346. The van der Waals surface area contributed by atoms with Crippen LogP contribution >= 0.6 is 12.4 Å². The van der Waals surface area contributed by atoms with E-state index in [2.05, 4.69) is 0 Å². The molecule has 0 rings (SSSR count). The number of hydrogen-bond acceptors (Lipinski definition) is 3. The Balaban J connectivity index is -0.0000000450. The van der Waals surface area contributed by atoms with E-state index in [-0.39, 0.29) is 28.9 Å². The summed E-state index contributed by atoms with van der Waals surface area (Å²) < 4.78 is 0. The minimum absolute atomic E-state index is 0. The van der Waals surface area contributed by atoms with E-state index in [4.69, 9.17) is 15.1 Å². The van der Waals surface area contributed by atoms with Crippen LogP contribution in [0.1, 0.15) is 0 Å². The molecular formula is H4BClNiO3. The predicted molar refractivity (Wildman–Crippen MR) is 19.7 cm³/mol. The summed E-state index contributed by atoms with van der Waals surface area (Å²) in [6.07, 6.45) is 0. The van der Waals surface area contributed by atoms with Crippen molar-refractivity contribution in [3.05, 3.63) is 0 Å². The third-order valence-electron chi connectivity index (χ3n) is 0. The van der Waals surface area contributed by atoms with Crippen molar-refractivity contribution in [2.75, 3.05) is 0 Å². The van der Waals surface area contributed by atoms with Gasteiger partial charge in [0.15, 0.2) is 0 Å². The van der Waals surface area contributed by atoms with Crippen LogP contribution in [0.3, 0.4) is 0 Å². The van der Waals surface area contributed by atoms with E-state index in [1.165, 1.54) is 0 Å². The first-order valence-electron chi connectivity index (χ1n) is 0.775. The summed E-state index contributed by atoms with van der Waals surface area (Å²) in [4.78, 5) is 0. The molecule has 0 aromatic heterocycles. The summed E-state index contributed by atoms with van der Waals surface area (Å²) in [5.74, 6) is 0.